The summed E-state index contributed by atoms with van der Waals surface area (Å²) in [6.45, 7) is -0.575. The van der Waals surface area contributed by atoms with Crippen molar-refractivity contribution in [1.82, 2.24) is 0 Å². The highest BCUT2D eigenvalue weighted by molar-refractivity contribution is 9.11. The monoisotopic (exact) mass is 437 g/mol. The van der Waals surface area contributed by atoms with E-state index in [0.717, 1.165) is 18.2 Å². The summed E-state index contributed by atoms with van der Waals surface area (Å²) in [6, 6.07) is 8.37. The van der Waals surface area contributed by atoms with E-state index < -0.39 is 22.4 Å². The minimum Gasteiger partial charge on any atom is -0.392 e. The number of benzene rings is 2. The highest BCUT2D eigenvalue weighted by Crippen LogP contribution is 2.32. The predicted octanol–water partition coefficient (Wildman–Crippen LogP) is 3.64. The fourth-order valence-electron chi connectivity index (χ4n) is 1.63. The van der Waals surface area contributed by atoms with Crippen molar-refractivity contribution >= 4 is 47.6 Å². The van der Waals surface area contributed by atoms with Crippen LogP contribution in [0.5, 0.6) is 0 Å². The molecule has 0 bridgehead atoms. The molecule has 2 aromatic rings. The van der Waals surface area contributed by atoms with Crippen LogP contribution in [0.15, 0.2) is 50.2 Å². The molecule has 0 saturated heterocycles. The van der Waals surface area contributed by atoms with Crippen molar-refractivity contribution in [2.45, 2.75) is 11.5 Å². The summed E-state index contributed by atoms with van der Waals surface area (Å²) in [5, 5.41) is 9.02. The Balaban J connectivity index is 2.44. The molecule has 4 nitrogen and oxygen atoms in total. The van der Waals surface area contributed by atoms with Gasteiger partial charge in [-0.3, -0.25) is 4.72 Å². The minimum absolute atomic E-state index is 0.0796. The summed E-state index contributed by atoms with van der Waals surface area (Å²) in [7, 11) is -3.90. The van der Waals surface area contributed by atoms with Gasteiger partial charge in [-0.25, -0.2) is 12.8 Å². The second-order valence-corrected chi connectivity index (χ2v) is 7.50. The number of halogens is 3. The molecule has 0 aliphatic heterocycles. The molecule has 0 unspecified atom stereocenters. The SMILES string of the molecule is O=S(=O)(Nc1c(Br)cccc1Br)c1ccc(F)c(CO)c1. The quantitative estimate of drug-likeness (QED) is 0.765. The molecule has 2 rings (SSSR count). The summed E-state index contributed by atoms with van der Waals surface area (Å²) >= 11 is 6.51. The summed E-state index contributed by atoms with van der Waals surface area (Å²) < 4.78 is 41.5. The van der Waals surface area contributed by atoms with Gasteiger partial charge in [0.2, 0.25) is 0 Å². The van der Waals surface area contributed by atoms with Crippen molar-refractivity contribution in [1.29, 1.82) is 0 Å². The van der Waals surface area contributed by atoms with E-state index in [9.17, 15) is 12.8 Å². The van der Waals surface area contributed by atoms with Gasteiger partial charge < -0.3 is 5.11 Å². The number of hydrogen-bond acceptors (Lipinski definition) is 3. The summed E-state index contributed by atoms with van der Waals surface area (Å²) in [4.78, 5) is -0.129. The normalized spacial score (nSPS) is 11.4. The molecular weight excluding hydrogens is 429 g/mol. The smallest absolute Gasteiger partial charge is 0.261 e. The van der Waals surface area contributed by atoms with Gasteiger partial charge in [-0.15, -0.1) is 0 Å². The molecule has 0 aromatic heterocycles. The van der Waals surface area contributed by atoms with Gasteiger partial charge in [-0.05, 0) is 62.2 Å². The van der Waals surface area contributed by atoms with Gasteiger partial charge >= 0.3 is 0 Å². The molecule has 0 amide bonds. The Morgan fingerprint density at radius 1 is 1.14 bits per heavy atom. The summed E-state index contributed by atoms with van der Waals surface area (Å²) in [6.07, 6.45) is 0. The lowest BCUT2D eigenvalue weighted by Gasteiger charge is -2.12. The molecule has 2 N–H and O–H groups in total. The maximum Gasteiger partial charge on any atom is 0.261 e. The molecule has 0 fully saturated rings. The van der Waals surface area contributed by atoms with Gasteiger partial charge in [-0.1, -0.05) is 6.07 Å². The number of rotatable bonds is 4. The van der Waals surface area contributed by atoms with Gasteiger partial charge in [-0.2, -0.15) is 0 Å². The van der Waals surface area contributed by atoms with Crippen LogP contribution in [0.3, 0.4) is 0 Å². The maximum atomic E-state index is 13.3. The molecule has 0 aliphatic carbocycles. The zero-order chi connectivity index (χ0) is 15.6. The van der Waals surface area contributed by atoms with Crippen LogP contribution in [-0.2, 0) is 16.6 Å². The van der Waals surface area contributed by atoms with Crippen LogP contribution in [0.1, 0.15) is 5.56 Å². The number of aliphatic hydroxyl groups is 1. The first kappa shape index (κ1) is 16.4. The van der Waals surface area contributed by atoms with Crippen LogP contribution in [0.4, 0.5) is 10.1 Å². The van der Waals surface area contributed by atoms with Gasteiger partial charge in [0.05, 0.1) is 17.2 Å². The third-order valence-corrected chi connectivity index (χ3v) is 5.37. The Bertz CT molecular complexity index is 761. The number of anilines is 1. The number of hydrogen-bond donors (Lipinski definition) is 2. The highest BCUT2D eigenvalue weighted by Gasteiger charge is 2.18. The van der Waals surface area contributed by atoms with Gasteiger partial charge in [0.15, 0.2) is 0 Å². The van der Waals surface area contributed by atoms with Gasteiger partial charge in [0, 0.05) is 14.5 Å². The Morgan fingerprint density at radius 2 is 1.76 bits per heavy atom. The van der Waals surface area contributed by atoms with Crippen molar-refractivity contribution in [3.63, 3.8) is 0 Å². The number of aliphatic hydroxyl groups excluding tert-OH is 1. The van der Waals surface area contributed by atoms with Gasteiger partial charge in [0.25, 0.3) is 10.0 Å². The standard InChI is InChI=1S/C13H10Br2FNO3S/c14-10-2-1-3-11(15)13(10)17-21(19,20)9-4-5-12(16)8(6-9)7-18/h1-6,17-18H,7H2. The van der Waals surface area contributed by atoms with Crippen LogP contribution in [0.2, 0.25) is 0 Å². The molecule has 0 saturated carbocycles. The van der Waals surface area contributed by atoms with E-state index in [1.165, 1.54) is 0 Å². The molecule has 0 radical (unpaired) electrons. The first-order chi connectivity index (χ1) is 9.85. The lowest BCUT2D eigenvalue weighted by Crippen LogP contribution is -2.14. The van der Waals surface area contributed by atoms with Crippen molar-refractivity contribution in [3.05, 3.63) is 56.7 Å². The lowest BCUT2D eigenvalue weighted by atomic mass is 10.2. The molecule has 112 valence electrons. The van der Waals surface area contributed by atoms with E-state index in [4.69, 9.17) is 5.11 Å². The van der Waals surface area contributed by atoms with Crippen molar-refractivity contribution < 1.29 is 17.9 Å². The number of sulfonamides is 1. The van der Waals surface area contributed by atoms with E-state index >= 15 is 0 Å². The molecule has 21 heavy (non-hydrogen) atoms. The third kappa shape index (κ3) is 3.63. The largest absolute Gasteiger partial charge is 0.392 e. The predicted molar refractivity (Wildman–Crippen MR) is 85.0 cm³/mol. The fraction of sp³-hybridized carbons (Fsp3) is 0.0769. The zero-order valence-electron chi connectivity index (χ0n) is 10.5. The molecule has 0 heterocycles. The fourth-order valence-corrected chi connectivity index (χ4v) is 4.24. The zero-order valence-corrected chi connectivity index (χ0v) is 14.5. The molecule has 0 spiro atoms. The van der Waals surface area contributed by atoms with Crippen LogP contribution in [0.25, 0.3) is 0 Å². The average molecular weight is 439 g/mol. The Kier molecular flexibility index (Phi) is 5.03. The highest BCUT2D eigenvalue weighted by atomic mass is 79.9. The Hall–Kier alpha value is -0.960. The van der Waals surface area contributed by atoms with E-state index in [1.807, 2.05) is 0 Å². The summed E-state index contributed by atoms with van der Waals surface area (Å²) in [5.41, 5.74) is 0.261. The van der Waals surface area contributed by atoms with Crippen molar-refractivity contribution in [3.8, 4) is 0 Å². The second-order valence-electron chi connectivity index (χ2n) is 4.11. The van der Waals surface area contributed by atoms with Crippen LogP contribution >= 0.6 is 31.9 Å². The molecule has 0 atom stereocenters. The van der Waals surface area contributed by atoms with E-state index in [1.54, 1.807) is 18.2 Å². The van der Waals surface area contributed by atoms with E-state index in [2.05, 4.69) is 36.6 Å². The first-order valence-electron chi connectivity index (χ1n) is 5.71. The second kappa shape index (κ2) is 6.43. The number of nitrogens with one attached hydrogen (secondary N) is 1. The van der Waals surface area contributed by atoms with E-state index in [0.29, 0.717) is 14.6 Å². The molecule has 8 heteroatoms. The molecule has 0 aliphatic rings. The number of para-hydroxylation sites is 1. The van der Waals surface area contributed by atoms with Crippen LogP contribution in [0, 0.1) is 5.82 Å². The topological polar surface area (TPSA) is 66.4 Å². The lowest BCUT2D eigenvalue weighted by molar-refractivity contribution is 0.275. The van der Waals surface area contributed by atoms with Crippen molar-refractivity contribution in [2.24, 2.45) is 0 Å². The van der Waals surface area contributed by atoms with Crippen LogP contribution in [-0.4, -0.2) is 13.5 Å². The third-order valence-electron chi connectivity index (χ3n) is 2.70. The van der Waals surface area contributed by atoms with E-state index in [-0.39, 0.29) is 10.5 Å². The Labute approximate surface area is 138 Å². The molecular formula is C13H10Br2FNO3S. The van der Waals surface area contributed by atoms with Crippen LogP contribution < -0.4 is 4.72 Å². The van der Waals surface area contributed by atoms with Gasteiger partial charge in [0.1, 0.15) is 5.82 Å². The molecule has 2 aromatic carbocycles. The Morgan fingerprint density at radius 3 is 2.33 bits per heavy atom. The minimum atomic E-state index is -3.90. The maximum absolute atomic E-state index is 13.3. The first-order valence-corrected chi connectivity index (χ1v) is 8.78. The van der Waals surface area contributed by atoms with Crippen molar-refractivity contribution in [2.75, 3.05) is 4.72 Å². The summed E-state index contributed by atoms with van der Waals surface area (Å²) in [5.74, 6) is -0.654. The average Bonchev–Trinajstić information content (AvgIpc) is 2.43.